The Kier molecular flexibility index (Phi) is 4.45. The number of carboxylic acid groups (broad SMARTS) is 1. The minimum Gasteiger partial charge on any atom is -0.480 e. The van der Waals surface area contributed by atoms with E-state index < -0.39 is 30.6 Å². The van der Waals surface area contributed by atoms with Crippen LogP contribution in [0.4, 0.5) is 0 Å². The van der Waals surface area contributed by atoms with Crippen LogP contribution >= 0.6 is 0 Å². The Labute approximate surface area is 98.4 Å². The molecule has 17 heavy (non-hydrogen) atoms. The van der Waals surface area contributed by atoms with Crippen LogP contribution in [0.3, 0.4) is 0 Å². The Balaban J connectivity index is 2.63. The van der Waals surface area contributed by atoms with Crippen LogP contribution in [-0.4, -0.2) is 58.1 Å². The fourth-order valence-corrected chi connectivity index (χ4v) is 1.87. The van der Waals surface area contributed by atoms with Crippen LogP contribution < -0.4 is 5.32 Å². The van der Waals surface area contributed by atoms with Crippen molar-refractivity contribution in [1.82, 2.24) is 10.2 Å². The summed E-state index contributed by atoms with van der Waals surface area (Å²) in [5.41, 5.74) is 0. The van der Waals surface area contributed by atoms with Gasteiger partial charge in [-0.2, -0.15) is 0 Å². The molecular formula is C10H16N2O5. The van der Waals surface area contributed by atoms with Gasteiger partial charge in [-0.05, 0) is 12.8 Å². The van der Waals surface area contributed by atoms with Gasteiger partial charge in [-0.1, -0.05) is 0 Å². The first-order valence-electron chi connectivity index (χ1n) is 5.38. The molecule has 0 aromatic carbocycles. The van der Waals surface area contributed by atoms with E-state index in [1.54, 1.807) is 0 Å². The molecule has 3 N–H and O–H groups in total. The number of likely N-dealkylation sites (tertiary alicyclic amines) is 1. The van der Waals surface area contributed by atoms with Gasteiger partial charge in [0.1, 0.15) is 12.1 Å². The Morgan fingerprint density at radius 2 is 2.12 bits per heavy atom. The SMILES string of the molecule is CC(=O)N1CCC[C@H]1C(=O)N[C@@H](CO)C(=O)O. The van der Waals surface area contributed by atoms with Gasteiger partial charge in [0.05, 0.1) is 6.61 Å². The topological polar surface area (TPSA) is 107 Å². The molecule has 0 unspecified atom stereocenters. The number of carbonyl (C=O) groups excluding carboxylic acids is 2. The molecule has 2 amide bonds. The lowest BCUT2D eigenvalue weighted by atomic mass is 10.2. The maximum Gasteiger partial charge on any atom is 0.328 e. The number of nitrogens with one attached hydrogen (secondary N) is 1. The molecule has 0 aromatic rings. The highest BCUT2D eigenvalue weighted by Crippen LogP contribution is 2.17. The summed E-state index contributed by atoms with van der Waals surface area (Å²) in [7, 11) is 0. The summed E-state index contributed by atoms with van der Waals surface area (Å²) in [5, 5.41) is 19.7. The summed E-state index contributed by atoms with van der Waals surface area (Å²) in [6.45, 7) is 1.20. The standard InChI is InChI=1S/C10H16N2O5/c1-6(14)12-4-2-3-8(12)9(15)11-7(5-13)10(16)17/h7-8,13H,2-5H2,1H3,(H,11,15)(H,16,17)/t7-,8-/m0/s1. The highest BCUT2D eigenvalue weighted by atomic mass is 16.4. The predicted octanol–water partition coefficient (Wildman–Crippen LogP) is -1.44. The zero-order valence-electron chi connectivity index (χ0n) is 9.55. The molecule has 1 fully saturated rings. The highest BCUT2D eigenvalue weighted by Gasteiger charge is 2.34. The number of carbonyl (C=O) groups is 3. The molecule has 1 heterocycles. The molecule has 0 spiro atoms. The zero-order chi connectivity index (χ0) is 13.0. The number of rotatable bonds is 4. The van der Waals surface area contributed by atoms with E-state index in [1.165, 1.54) is 11.8 Å². The van der Waals surface area contributed by atoms with E-state index in [2.05, 4.69) is 5.32 Å². The third-order valence-electron chi connectivity index (χ3n) is 2.76. The van der Waals surface area contributed by atoms with E-state index in [0.717, 1.165) is 0 Å². The molecule has 1 aliphatic heterocycles. The van der Waals surface area contributed by atoms with Gasteiger partial charge in [0.25, 0.3) is 0 Å². The molecule has 1 rings (SSSR count). The first-order valence-corrected chi connectivity index (χ1v) is 5.38. The van der Waals surface area contributed by atoms with Crippen molar-refractivity contribution in [3.05, 3.63) is 0 Å². The summed E-state index contributed by atoms with van der Waals surface area (Å²) >= 11 is 0. The van der Waals surface area contributed by atoms with Crippen LogP contribution in [0, 0.1) is 0 Å². The number of hydrogen-bond donors (Lipinski definition) is 3. The normalized spacial score (nSPS) is 21.1. The van der Waals surface area contributed by atoms with Gasteiger partial charge in [-0.25, -0.2) is 4.79 Å². The Bertz CT molecular complexity index is 331. The van der Waals surface area contributed by atoms with Gasteiger partial charge in [0.2, 0.25) is 11.8 Å². The number of aliphatic hydroxyl groups is 1. The van der Waals surface area contributed by atoms with Crippen LogP contribution in [0.2, 0.25) is 0 Å². The van der Waals surface area contributed by atoms with Crippen LogP contribution in [0.15, 0.2) is 0 Å². The Morgan fingerprint density at radius 3 is 2.59 bits per heavy atom. The zero-order valence-corrected chi connectivity index (χ0v) is 9.55. The maximum absolute atomic E-state index is 11.8. The lowest BCUT2D eigenvalue weighted by Crippen LogP contribution is -2.51. The second kappa shape index (κ2) is 5.62. The van der Waals surface area contributed by atoms with Gasteiger partial charge >= 0.3 is 5.97 Å². The fraction of sp³-hybridized carbons (Fsp3) is 0.700. The van der Waals surface area contributed by atoms with Crippen molar-refractivity contribution in [3.8, 4) is 0 Å². The van der Waals surface area contributed by atoms with Crippen molar-refractivity contribution in [2.45, 2.75) is 31.8 Å². The molecular weight excluding hydrogens is 228 g/mol. The second-order valence-electron chi connectivity index (χ2n) is 3.95. The van der Waals surface area contributed by atoms with Crippen molar-refractivity contribution >= 4 is 17.8 Å². The first kappa shape index (κ1) is 13.4. The average molecular weight is 244 g/mol. The smallest absolute Gasteiger partial charge is 0.328 e. The number of aliphatic carboxylic acids is 1. The van der Waals surface area contributed by atoms with E-state index >= 15 is 0 Å². The lowest BCUT2D eigenvalue weighted by Gasteiger charge is -2.23. The number of aliphatic hydroxyl groups excluding tert-OH is 1. The van der Waals surface area contributed by atoms with Gasteiger partial charge < -0.3 is 20.4 Å². The summed E-state index contributed by atoms with van der Waals surface area (Å²) in [5.74, 6) is -2.04. The van der Waals surface area contributed by atoms with Crippen molar-refractivity contribution in [2.24, 2.45) is 0 Å². The quantitative estimate of drug-likeness (QED) is 0.561. The van der Waals surface area contributed by atoms with Crippen molar-refractivity contribution in [2.75, 3.05) is 13.2 Å². The summed E-state index contributed by atoms with van der Waals surface area (Å²) in [6, 6.07) is -1.95. The second-order valence-corrected chi connectivity index (χ2v) is 3.95. The van der Waals surface area contributed by atoms with E-state index in [4.69, 9.17) is 10.2 Å². The number of hydrogen-bond acceptors (Lipinski definition) is 4. The molecule has 0 bridgehead atoms. The number of carboxylic acids is 1. The monoisotopic (exact) mass is 244 g/mol. The summed E-state index contributed by atoms with van der Waals surface area (Å²) < 4.78 is 0. The molecule has 0 aromatic heterocycles. The van der Waals surface area contributed by atoms with E-state index in [9.17, 15) is 14.4 Å². The Hall–Kier alpha value is -1.63. The van der Waals surface area contributed by atoms with Crippen molar-refractivity contribution in [3.63, 3.8) is 0 Å². The third kappa shape index (κ3) is 3.16. The van der Waals surface area contributed by atoms with Crippen molar-refractivity contribution in [1.29, 1.82) is 0 Å². The largest absolute Gasteiger partial charge is 0.480 e. The molecule has 2 atom stereocenters. The molecule has 0 aliphatic carbocycles. The number of amides is 2. The van der Waals surface area contributed by atoms with Crippen LogP contribution in [0.1, 0.15) is 19.8 Å². The molecule has 0 saturated carbocycles. The van der Waals surface area contributed by atoms with Gasteiger partial charge in [0.15, 0.2) is 0 Å². The van der Waals surface area contributed by atoms with Gasteiger partial charge in [-0.15, -0.1) is 0 Å². The van der Waals surface area contributed by atoms with Crippen molar-refractivity contribution < 1.29 is 24.6 Å². The van der Waals surface area contributed by atoms with E-state index in [-0.39, 0.29) is 5.91 Å². The maximum atomic E-state index is 11.8. The fourth-order valence-electron chi connectivity index (χ4n) is 1.87. The number of nitrogens with zero attached hydrogens (tertiary/aromatic N) is 1. The predicted molar refractivity (Wildman–Crippen MR) is 57.1 cm³/mol. The summed E-state index contributed by atoms with van der Waals surface area (Å²) in [4.78, 5) is 35.0. The minimum absolute atomic E-state index is 0.210. The Morgan fingerprint density at radius 1 is 1.47 bits per heavy atom. The average Bonchev–Trinajstić information content (AvgIpc) is 2.73. The van der Waals surface area contributed by atoms with Gasteiger partial charge in [0, 0.05) is 13.5 Å². The lowest BCUT2D eigenvalue weighted by molar-refractivity contribution is -0.144. The third-order valence-corrected chi connectivity index (χ3v) is 2.76. The molecule has 0 radical (unpaired) electrons. The molecule has 7 heteroatoms. The van der Waals surface area contributed by atoms with Crippen LogP contribution in [-0.2, 0) is 14.4 Å². The molecule has 1 saturated heterocycles. The van der Waals surface area contributed by atoms with E-state index in [1.807, 2.05) is 0 Å². The highest BCUT2D eigenvalue weighted by molar-refractivity contribution is 5.90. The van der Waals surface area contributed by atoms with Crippen LogP contribution in [0.25, 0.3) is 0 Å². The molecule has 1 aliphatic rings. The summed E-state index contributed by atoms with van der Waals surface area (Å²) in [6.07, 6.45) is 1.23. The molecule has 7 nitrogen and oxygen atoms in total. The van der Waals surface area contributed by atoms with Crippen LogP contribution in [0.5, 0.6) is 0 Å². The first-order chi connectivity index (χ1) is 7.97. The minimum atomic E-state index is -1.32. The molecule has 96 valence electrons. The van der Waals surface area contributed by atoms with E-state index in [0.29, 0.717) is 19.4 Å². The van der Waals surface area contributed by atoms with Gasteiger partial charge in [-0.3, -0.25) is 9.59 Å².